The number of rotatable bonds is 5. The lowest BCUT2D eigenvalue weighted by Crippen LogP contribution is -2.10. The van der Waals surface area contributed by atoms with Crippen LogP contribution >= 0.6 is 27.3 Å². The van der Waals surface area contributed by atoms with Crippen LogP contribution in [0.25, 0.3) is 0 Å². The number of carbonyl (C=O) groups is 1. The van der Waals surface area contributed by atoms with Crippen LogP contribution in [0.2, 0.25) is 0 Å². The maximum atomic E-state index is 11.6. The Balaban J connectivity index is 2.09. The highest BCUT2D eigenvalue weighted by atomic mass is 79.9. The maximum Gasteiger partial charge on any atom is 0.226 e. The number of hydrogen-bond donors (Lipinski definition) is 1. The number of aryl methyl sites for hydroxylation is 1. The topological polar surface area (TPSA) is 42.0 Å². The minimum atomic E-state index is 0.0373. The Morgan fingerprint density at radius 2 is 2.25 bits per heavy atom. The molecule has 0 unspecified atom stereocenters. The first kappa shape index (κ1) is 15.2. The maximum absolute atomic E-state index is 11.6. The Morgan fingerprint density at radius 3 is 2.95 bits per heavy atom. The van der Waals surface area contributed by atoms with Crippen LogP contribution in [0.15, 0.2) is 28.7 Å². The molecule has 0 saturated carbocycles. The van der Waals surface area contributed by atoms with Crippen molar-refractivity contribution in [1.29, 1.82) is 0 Å². The van der Waals surface area contributed by atoms with E-state index in [1.54, 1.807) is 11.3 Å². The Morgan fingerprint density at radius 1 is 1.45 bits per heavy atom. The van der Waals surface area contributed by atoms with E-state index in [4.69, 9.17) is 0 Å². The van der Waals surface area contributed by atoms with Gasteiger partial charge in [-0.1, -0.05) is 35.0 Å². The second-order valence-corrected chi connectivity index (χ2v) is 6.63. The molecule has 106 valence electrons. The first-order valence-electron chi connectivity index (χ1n) is 6.59. The Kier molecular flexibility index (Phi) is 5.31. The van der Waals surface area contributed by atoms with Crippen LogP contribution in [0.1, 0.15) is 35.9 Å². The third-order valence-electron chi connectivity index (χ3n) is 2.87. The smallest absolute Gasteiger partial charge is 0.226 e. The molecule has 0 bridgehead atoms. The summed E-state index contributed by atoms with van der Waals surface area (Å²) >= 11 is 5.04. The summed E-state index contributed by atoms with van der Waals surface area (Å²) < 4.78 is 1.08. The second kappa shape index (κ2) is 6.99. The van der Waals surface area contributed by atoms with E-state index in [2.05, 4.69) is 38.4 Å². The van der Waals surface area contributed by atoms with E-state index in [0.29, 0.717) is 11.6 Å². The molecular formula is C15H17BrN2OS. The molecule has 20 heavy (non-hydrogen) atoms. The number of anilines is 1. The van der Waals surface area contributed by atoms with Crippen molar-refractivity contribution in [3.05, 3.63) is 44.9 Å². The van der Waals surface area contributed by atoms with Crippen molar-refractivity contribution in [3.63, 3.8) is 0 Å². The average Bonchev–Trinajstić information content (AvgIpc) is 2.69. The molecule has 0 aliphatic carbocycles. The SMILES string of the molecule is CCCC(=O)Nc1nc(C)c(Cc2cccc(Br)c2)s1. The third-order valence-corrected chi connectivity index (χ3v) is 4.44. The predicted molar refractivity (Wildman–Crippen MR) is 87.3 cm³/mol. The predicted octanol–water partition coefficient (Wildman–Crippen LogP) is 4.54. The summed E-state index contributed by atoms with van der Waals surface area (Å²) in [4.78, 5) is 17.2. The van der Waals surface area contributed by atoms with Crippen molar-refractivity contribution in [3.8, 4) is 0 Å². The highest BCUT2D eigenvalue weighted by molar-refractivity contribution is 9.10. The Labute approximate surface area is 131 Å². The van der Waals surface area contributed by atoms with Gasteiger partial charge >= 0.3 is 0 Å². The normalized spacial score (nSPS) is 10.6. The minimum Gasteiger partial charge on any atom is -0.302 e. The zero-order chi connectivity index (χ0) is 14.5. The van der Waals surface area contributed by atoms with E-state index in [0.717, 1.165) is 23.0 Å². The van der Waals surface area contributed by atoms with Gasteiger partial charge < -0.3 is 5.32 Å². The van der Waals surface area contributed by atoms with Gasteiger partial charge in [0.1, 0.15) is 0 Å². The molecule has 1 N–H and O–H groups in total. The lowest BCUT2D eigenvalue weighted by atomic mass is 10.1. The molecule has 0 spiro atoms. The fourth-order valence-corrected chi connectivity index (χ4v) is 3.35. The lowest BCUT2D eigenvalue weighted by molar-refractivity contribution is -0.116. The molecule has 5 heteroatoms. The summed E-state index contributed by atoms with van der Waals surface area (Å²) in [6.07, 6.45) is 2.23. The molecule has 2 rings (SSSR count). The molecule has 2 aromatic rings. The zero-order valence-electron chi connectivity index (χ0n) is 11.6. The van der Waals surface area contributed by atoms with Gasteiger partial charge in [0.05, 0.1) is 5.69 Å². The average molecular weight is 353 g/mol. The molecule has 0 fully saturated rings. The number of benzene rings is 1. The van der Waals surface area contributed by atoms with Crippen LogP contribution in [0.3, 0.4) is 0 Å². The Bertz CT molecular complexity index is 610. The Hall–Kier alpha value is -1.20. The van der Waals surface area contributed by atoms with Crippen LogP contribution in [0.5, 0.6) is 0 Å². The van der Waals surface area contributed by atoms with Gasteiger partial charge in [0, 0.05) is 22.2 Å². The summed E-state index contributed by atoms with van der Waals surface area (Å²) in [5.74, 6) is 0.0373. The third kappa shape index (κ3) is 4.15. The number of halogens is 1. The van der Waals surface area contributed by atoms with Gasteiger partial charge in [-0.2, -0.15) is 0 Å². The van der Waals surface area contributed by atoms with Crippen molar-refractivity contribution in [2.45, 2.75) is 33.1 Å². The number of nitrogens with zero attached hydrogens (tertiary/aromatic N) is 1. The van der Waals surface area contributed by atoms with Crippen molar-refractivity contribution in [2.75, 3.05) is 5.32 Å². The number of amides is 1. The largest absolute Gasteiger partial charge is 0.302 e. The van der Waals surface area contributed by atoms with Gasteiger partial charge in [0.2, 0.25) is 5.91 Å². The molecule has 1 aromatic carbocycles. The van der Waals surface area contributed by atoms with Crippen LogP contribution in [-0.4, -0.2) is 10.9 Å². The summed E-state index contributed by atoms with van der Waals surface area (Å²) in [5, 5.41) is 3.56. The number of aromatic nitrogens is 1. The van der Waals surface area contributed by atoms with E-state index >= 15 is 0 Å². The highest BCUT2D eigenvalue weighted by Crippen LogP contribution is 2.26. The molecule has 3 nitrogen and oxygen atoms in total. The molecule has 1 aromatic heterocycles. The molecule has 0 radical (unpaired) electrons. The fourth-order valence-electron chi connectivity index (χ4n) is 1.89. The van der Waals surface area contributed by atoms with Crippen molar-refractivity contribution in [1.82, 2.24) is 4.98 Å². The van der Waals surface area contributed by atoms with Crippen LogP contribution < -0.4 is 5.32 Å². The van der Waals surface area contributed by atoms with E-state index in [1.165, 1.54) is 10.4 Å². The van der Waals surface area contributed by atoms with E-state index in [1.807, 2.05) is 26.0 Å². The van der Waals surface area contributed by atoms with Crippen molar-refractivity contribution in [2.24, 2.45) is 0 Å². The molecule has 0 aliphatic heterocycles. The quantitative estimate of drug-likeness (QED) is 0.857. The van der Waals surface area contributed by atoms with Crippen LogP contribution in [-0.2, 0) is 11.2 Å². The van der Waals surface area contributed by atoms with E-state index in [-0.39, 0.29) is 5.91 Å². The van der Waals surface area contributed by atoms with Crippen LogP contribution in [0, 0.1) is 6.92 Å². The minimum absolute atomic E-state index is 0.0373. The molecule has 0 saturated heterocycles. The van der Waals surface area contributed by atoms with Gasteiger partial charge in [-0.25, -0.2) is 4.98 Å². The summed E-state index contributed by atoms with van der Waals surface area (Å²) in [7, 11) is 0. The molecule has 1 heterocycles. The van der Waals surface area contributed by atoms with Gasteiger partial charge in [-0.05, 0) is 31.0 Å². The monoisotopic (exact) mass is 352 g/mol. The highest BCUT2D eigenvalue weighted by Gasteiger charge is 2.10. The van der Waals surface area contributed by atoms with Gasteiger partial charge in [-0.15, -0.1) is 11.3 Å². The van der Waals surface area contributed by atoms with Gasteiger partial charge in [0.15, 0.2) is 5.13 Å². The summed E-state index contributed by atoms with van der Waals surface area (Å²) in [5.41, 5.74) is 2.22. The number of nitrogens with one attached hydrogen (secondary N) is 1. The lowest BCUT2D eigenvalue weighted by Gasteiger charge is -2.00. The van der Waals surface area contributed by atoms with Crippen LogP contribution in [0.4, 0.5) is 5.13 Å². The molecule has 0 atom stereocenters. The number of thiazole rings is 1. The number of hydrogen-bond acceptors (Lipinski definition) is 3. The first-order valence-corrected chi connectivity index (χ1v) is 8.20. The van der Waals surface area contributed by atoms with E-state index < -0.39 is 0 Å². The first-order chi connectivity index (χ1) is 9.58. The van der Waals surface area contributed by atoms with Gasteiger partial charge in [0.25, 0.3) is 0 Å². The van der Waals surface area contributed by atoms with Gasteiger partial charge in [-0.3, -0.25) is 4.79 Å². The fraction of sp³-hybridized carbons (Fsp3) is 0.333. The summed E-state index contributed by atoms with van der Waals surface area (Å²) in [6, 6.07) is 8.24. The molecule has 0 aliphatic rings. The second-order valence-electron chi connectivity index (χ2n) is 4.63. The van der Waals surface area contributed by atoms with Crippen molar-refractivity contribution >= 4 is 38.3 Å². The summed E-state index contributed by atoms with van der Waals surface area (Å²) in [6.45, 7) is 3.98. The number of carbonyl (C=O) groups excluding carboxylic acids is 1. The zero-order valence-corrected chi connectivity index (χ0v) is 14.0. The molecular weight excluding hydrogens is 336 g/mol. The van der Waals surface area contributed by atoms with Crippen molar-refractivity contribution < 1.29 is 4.79 Å². The standard InChI is InChI=1S/C15H17BrN2OS/c1-3-5-14(19)18-15-17-10(2)13(20-15)9-11-6-4-7-12(16)8-11/h4,6-8H,3,5,9H2,1-2H3,(H,17,18,19). The molecule has 1 amide bonds. The van der Waals surface area contributed by atoms with E-state index in [9.17, 15) is 4.79 Å².